The van der Waals surface area contributed by atoms with Crippen LogP contribution in [0.1, 0.15) is 10.6 Å². The molecule has 0 aliphatic carbocycles. The number of hydrogen-bond acceptors (Lipinski definition) is 5. The Morgan fingerprint density at radius 2 is 2.08 bits per heavy atom. The van der Waals surface area contributed by atoms with Crippen LogP contribution < -0.4 is 11.6 Å². The first-order valence-electron chi connectivity index (χ1n) is 3.99. The van der Waals surface area contributed by atoms with E-state index in [2.05, 4.69) is 4.98 Å². The monoisotopic (exact) mass is 184 g/mol. The maximum Gasteiger partial charge on any atom is 0.180 e. The predicted molar refractivity (Wildman–Crippen MR) is 49.7 cm³/mol. The zero-order valence-corrected chi connectivity index (χ0v) is 7.60. The van der Waals surface area contributed by atoms with Gasteiger partial charge in [-0.2, -0.15) is 0 Å². The highest BCUT2D eigenvalue weighted by Crippen LogP contribution is 2.23. The molecule has 2 rings (SSSR count). The van der Waals surface area contributed by atoms with Gasteiger partial charge in [0.1, 0.15) is 0 Å². The van der Waals surface area contributed by atoms with Crippen molar-refractivity contribution in [3.05, 3.63) is 10.6 Å². The normalized spacial score (nSPS) is 18.8. The van der Waals surface area contributed by atoms with Gasteiger partial charge in [0.25, 0.3) is 0 Å². The van der Waals surface area contributed by atoms with Gasteiger partial charge in [0, 0.05) is 24.4 Å². The van der Waals surface area contributed by atoms with Crippen molar-refractivity contribution in [2.45, 2.75) is 12.8 Å². The lowest BCUT2D eigenvalue weighted by Crippen LogP contribution is -2.33. The Labute approximate surface area is 75.2 Å². The van der Waals surface area contributed by atoms with Gasteiger partial charge in [0.15, 0.2) is 5.13 Å². The second kappa shape index (κ2) is 3.01. The molecule has 0 fully saturated rings. The summed E-state index contributed by atoms with van der Waals surface area (Å²) < 4.78 is 0. The summed E-state index contributed by atoms with van der Waals surface area (Å²) in [4.78, 5) is 5.57. The maximum atomic E-state index is 5.69. The van der Waals surface area contributed by atoms with E-state index in [9.17, 15) is 0 Å². The van der Waals surface area contributed by atoms with Crippen LogP contribution in [0.25, 0.3) is 0 Å². The molecule has 0 saturated carbocycles. The third kappa shape index (κ3) is 1.43. The number of nitrogens with two attached hydrogens (primary N) is 2. The van der Waals surface area contributed by atoms with E-state index < -0.39 is 0 Å². The van der Waals surface area contributed by atoms with Gasteiger partial charge in [-0.1, -0.05) is 0 Å². The molecule has 4 N–H and O–H groups in total. The number of hydrazine groups is 1. The Morgan fingerprint density at radius 3 is 2.92 bits per heavy atom. The van der Waals surface area contributed by atoms with Crippen LogP contribution in [0.15, 0.2) is 0 Å². The largest absolute Gasteiger partial charge is 0.375 e. The minimum absolute atomic E-state index is 0.686. The number of anilines is 1. The smallest absolute Gasteiger partial charge is 0.180 e. The van der Waals surface area contributed by atoms with E-state index >= 15 is 0 Å². The van der Waals surface area contributed by atoms with E-state index in [-0.39, 0.29) is 0 Å². The van der Waals surface area contributed by atoms with Crippen LogP contribution in [0.3, 0.4) is 0 Å². The third-order valence-corrected chi connectivity index (χ3v) is 3.04. The molecule has 1 aromatic heterocycles. The number of hydrogen-bond donors (Lipinski definition) is 2. The van der Waals surface area contributed by atoms with Gasteiger partial charge < -0.3 is 5.73 Å². The molecule has 0 aromatic carbocycles. The topological polar surface area (TPSA) is 68.2 Å². The van der Waals surface area contributed by atoms with Crippen molar-refractivity contribution in [1.29, 1.82) is 0 Å². The van der Waals surface area contributed by atoms with E-state index in [0.717, 1.165) is 31.6 Å². The van der Waals surface area contributed by atoms with Crippen LogP contribution in [0.5, 0.6) is 0 Å². The summed E-state index contributed by atoms with van der Waals surface area (Å²) in [7, 11) is 0. The van der Waals surface area contributed by atoms with Gasteiger partial charge in [0.2, 0.25) is 0 Å². The van der Waals surface area contributed by atoms with Crippen LogP contribution in [0.2, 0.25) is 0 Å². The number of fused-ring (bicyclic) bond motifs is 1. The molecule has 0 amide bonds. The molecule has 1 aliphatic rings. The Morgan fingerprint density at radius 1 is 1.33 bits per heavy atom. The lowest BCUT2D eigenvalue weighted by Gasteiger charge is -2.10. The van der Waals surface area contributed by atoms with Crippen molar-refractivity contribution >= 4 is 16.5 Å². The van der Waals surface area contributed by atoms with E-state index in [4.69, 9.17) is 11.6 Å². The Hall–Kier alpha value is -0.650. The van der Waals surface area contributed by atoms with Gasteiger partial charge in [-0.25, -0.2) is 9.99 Å². The molecule has 0 radical (unpaired) electrons. The van der Waals surface area contributed by atoms with E-state index in [1.54, 1.807) is 11.3 Å². The van der Waals surface area contributed by atoms with Crippen molar-refractivity contribution in [3.63, 3.8) is 0 Å². The number of rotatable bonds is 0. The minimum Gasteiger partial charge on any atom is -0.375 e. The molecule has 1 aromatic rings. The molecule has 2 heterocycles. The fourth-order valence-electron chi connectivity index (χ4n) is 1.40. The number of nitrogen functional groups attached to an aromatic ring is 1. The van der Waals surface area contributed by atoms with E-state index in [1.165, 1.54) is 4.88 Å². The van der Waals surface area contributed by atoms with Crippen LogP contribution in [0, 0.1) is 0 Å². The molecule has 4 nitrogen and oxygen atoms in total. The van der Waals surface area contributed by atoms with Crippen LogP contribution >= 0.6 is 11.3 Å². The van der Waals surface area contributed by atoms with Crippen LogP contribution in [-0.4, -0.2) is 23.1 Å². The molecule has 12 heavy (non-hydrogen) atoms. The minimum atomic E-state index is 0.686. The highest BCUT2D eigenvalue weighted by Gasteiger charge is 2.14. The highest BCUT2D eigenvalue weighted by atomic mass is 32.1. The SMILES string of the molecule is Nc1nc2c(s1)CCN(N)CC2. The first kappa shape index (κ1) is 7.97. The summed E-state index contributed by atoms with van der Waals surface area (Å²) in [5, 5.41) is 2.52. The fourth-order valence-corrected chi connectivity index (χ4v) is 2.27. The van der Waals surface area contributed by atoms with Crippen molar-refractivity contribution in [2.75, 3.05) is 18.8 Å². The van der Waals surface area contributed by atoms with Gasteiger partial charge in [-0.15, -0.1) is 11.3 Å². The maximum absolute atomic E-state index is 5.69. The van der Waals surface area contributed by atoms with E-state index in [1.807, 2.05) is 5.01 Å². The summed E-state index contributed by atoms with van der Waals surface area (Å²) in [6.45, 7) is 1.80. The summed E-state index contributed by atoms with van der Waals surface area (Å²) in [6, 6.07) is 0. The fraction of sp³-hybridized carbons (Fsp3) is 0.571. The van der Waals surface area contributed by atoms with Crippen molar-refractivity contribution in [3.8, 4) is 0 Å². The van der Waals surface area contributed by atoms with Gasteiger partial charge in [0.05, 0.1) is 5.69 Å². The molecule has 0 bridgehead atoms. The Kier molecular flexibility index (Phi) is 2.00. The molecule has 0 atom stereocenters. The zero-order valence-electron chi connectivity index (χ0n) is 6.79. The quantitative estimate of drug-likeness (QED) is 0.557. The highest BCUT2D eigenvalue weighted by molar-refractivity contribution is 7.15. The number of nitrogens with zero attached hydrogens (tertiary/aromatic N) is 2. The average molecular weight is 184 g/mol. The molecule has 1 aliphatic heterocycles. The van der Waals surface area contributed by atoms with Crippen molar-refractivity contribution < 1.29 is 0 Å². The molecular weight excluding hydrogens is 172 g/mol. The summed E-state index contributed by atoms with van der Waals surface area (Å²) >= 11 is 1.59. The lowest BCUT2D eigenvalue weighted by atomic mass is 10.2. The predicted octanol–water partition coefficient (Wildman–Crippen LogP) is -0.000400. The first-order valence-corrected chi connectivity index (χ1v) is 4.81. The van der Waals surface area contributed by atoms with Gasteiger partial charge >= 0.3 is 0 Å². The van der Waals surface area contributed by atoms with Crippen molar-refractivity contribution in [2.24, 2.45) is 5.84 Å². The average Bonchev–Trinajstić information content (AvgIpc) is 2.31. The van der Waals surface area contributed by atoms with Crippen molar-refractivity contribution in [1.82, 2.24) is 9.99 Å². The number of thiazole rings is 1. The molecule has 5 heteroatoms. The summed E-state index contributed by atoms with van der Waals surface area (Å²) in [6.07, 6.45) is 1.92. The second-order valence-electron chi connectivity index (χ2n) is 2.96. The summed E-state index contributed by atoms with van der Waals surface area (Å²) in [5.41, 5.74) is 6.75. The molecule has 0 spiro atoms. The summed E-state index contributed by atoms with van der Waals surface area (Å²) in [5.74, 6) is 5.69. The molecule has 0 saturated heterocycles. The van der Waals surface area contributed by atoms with Gasteiger partial charge in [-0.05, 0) is 6.42 Å². The molecule has 66 valence electrons. The van der Waals surface area contributed by atoms with E-state index in [0.29, 0.717) is 5.13 Å². The Balaban J connectivity index is 2.24. The first-order chi connectivity index (χ1) is 5.75. The Bertz CT molecular complexity index is 257. The lowest BCUT2D eigenvalue weighted by molar-refractivity contribution is 0.298. The van der Waals surface area contributed by atoms with Gasteiger partial charge in [-0.3, -0.25) is 5.84 Å². The van der Waals surface area contributed by atoms with Crippen LogP contribution in [0.4, 0.5) is 5.13 Å². The molecular formula is C7H12N4S. The molecule has 0 unspecified atom stereocenters. The zero-order chi connectivity index (χ0) is 8.55. The van der Waals surface area contributed by atoms with Crippen LogP contribution in [-0.2, 0) is 12.8 Å². The standard InChI is InChI=1S/C7H12N4S/c8-7-10-5-1-3-11(9)4-2-6(5)12-7/h1-4,9H2,(H2,8,10). The second-order valence-corrected chi connectivity index (χ2v) is 4.07. The third-order valence-electron chi connectivity index (χ3n) is 2.06. The number of aromatic nitrogens is 1.